The first kappa shape index (κ1) is 15.9. The molecule has 0 aromatic heterocycles. The summed E-state index contributed by atoms with van der Waals surface area (Å²) in [7, 11) is 0. The first-order chi connectivity index (χ1) is 8.94. The van der Waals surface area contributed by atoms with E-state index in [0.29, 0.717) is 0 Å². The Morgan fingerprint density at radius 1 is 1.26 bits per heavy atom. The molecule has 0 aromatic carbocycles. The van der Waals surface area contributed by atoms with Crippen LogP contribution in [0.25, 0.3) is 0 Å². The van der Waals surface area contributed by atoms with Crippen molar-refractivity contribution in [1.82, 2.24) is 0 Å². The molecule has 2 rings (SSSR count). The van der Waals surface area contributed by atoms with Crippen LogP contribution in [0.5, 0.6) is 0 Å². The number of rotatable bonds is 3. The molecule has 112 valence electrons. The van der Waals surface area contributed by atoms with E-state index in [0.717, 1.165) is 17.9 Å². The third-order valence-corrected chi connectivity index (χ3v) is 6.30. The van der Waals surface area contributed by atoms with Gasteiger partial charge in [-0.05, 0) is 31.8 Å². The van der Waals surface area contributed by atoms with E-state index in [-0.39, 0.29) is 11.2 Å². The monoisotopic (exact) mass is 310 g/mol. The zero-order chi connectivity index (χ0) is 14.0. The van der Waals surface area contributed by atoms with E-state index in [2.05, 4.69) is 0 Å². The zero-order valence-electron chi connectivity index (χ0n) is 11.2. The van der Waals surface area contributed by atoms with Crippen LogP contribution >= 0.6 is 23.5 Å². The second kappa shape index (κ2) is 6.51. The average molecular weight is 310 g/mol. The second-order valence-electron chi connectivity index (χ2n) is 5.27. The van der Waals surface area contributed by atoms with Gasteiger partial charge in [-0.15, -0.1) is 23.5 Å². The van der Waals surface area contributed by atoms with Crippen LogP contribution in [0.4, 0.5) is 0 Å². The number of aliphatic hydroxyl groups excluding tert-OH is 3. The molecule has 0 radical (unpaired) electrons. The minimum Gasteiger partial charge on any atom is -0.394 e. The molecule has 0 amide bonds. The van der Waals surface area contributed by atoms with Gasteiger partial charge in [0, 0.05) is 0 Å². The number of hydrogen-bond acceptors (Lipinski definition) is 7. The van der Waals surface area contributed by atoms with Crippen molar-refractivity contribution in [3.8, 4) is 0 Å². The average Bonchev–Trinajstić information content (AvgIpc) is 2.41. The lowest BCUT2D eigenvalue weighted by Gasteiger charge is -2.46. The van der Waals surface area contributed by atoms with Gasteiger partial charge in [0.25, 0.3) is 0 Å². The number of thioether (sulfide) groups is 2. The van der Waals surface area contributed by atoms with E-state index in [4.69, 9.17) is 9.47 Å². The van der Waals surface area contributed by atoms with Crippen LogP contribution < -0.4 is 0 Å². The highest BCUT2D eigenvalue weighted by Crippen LogP contribution is 2.38. The van der Waals surface area contributed by atoms with Gasteiger partial charge in [0.05, 0.1) is 11.2 Å². The Balaban J connectivity index is 2.07. The van der Waals surface area contributed by atoms with Crippen LogP contribution in [0.2, 0.25) is 0 Å². The first-order valence-corrected chi connectivity index (χ1v) is 8.60. The van der Waals surface area contributed by atoms with Crippen LogP contribution in [0, 0.1) is 0 Å². The highest BCUT2D eigenvalue weighted by atomic mass is 32.2. The highest BCUT2D eigenvalue weighted by Gasteiger charge is 2.47. The Bertz CT molecular complexity index is 296. The fraction of sp³-hybridized carbons (Fsp3) is 1.00. The van der Waals surface area contributed by atoms with E-state index in [1.54, 1.807) is 37.4 Å². The molecule has 2 fully saturated rings. The molecule has 2 aliphatic rings. The summed E-state index contributed by atoms with van der Waals surface area (Å²) in [5.41, 5.74) is 0. The summed E-state index contributed by atoms with van der Waals surface area (Å²) in [5, 5.41) is 29.9. The smallest absolute Gasteiger partial charge is 0.164 e. The topological polar surface area (TPSA) is 79.2 Å². The lowest BCUT2D eigenvalue weighted by molar-refractivity contribution is -0.347. The normalized spacial score (nSPS) is 38.1. The maximum absolute atomic E-state index is 10.5. The molecule has 0 spiro atoms. The van der Waals surface area contributed by atoms with Gasteiger partial charge < -0.3 is 24.8 Å². The molecule has 2 saturated heterocycles. The van der Waals surface area contributed by atoms with Gasteiger partial charge in [0.1, 0.15) is 24.4 Å². The van der Waals surface area contributed by atoms with Crippen molar-refractivity contribution >= 4 is 23.5 Å². The van der Waals surface area contributed by atoms with Crippen molar-refractivity contribution in [2.45, 2.75) is 55.1 Å². The summed E-state index contributed by atoms with van der Waals surface area (Å²) >= 11 is 3.39. The van der Waals surface area contributed by atoms with Crippen molar-refractivity contribution < 1.29 is 24.8 Å². The molecule has 2 heterocycles. The number of aliphatic hydroxyl groups is 3. The summed E-state index contributed by atoms with van der Waals surface area (Å²) in [6, 6.07) is 0. The molecule has 2 aliphatic heterocycles. The first-order valence-electron chi connectivity index (χ1n) is 6.50. The molecule has 0 saturated carbocycles. The molecule has 19 heavy (non-hydrogen) atoms. The van der Waals surface area contributed by atoms with Crippen LogP contribution in [-0.2, 0) is 9.47 Å². The minimum atomic E-state index is -1.02. The summed E-state index contributed by atoms with van der Waals surface area (Å²) in [4.78, 5) is 0. The summed E-state index contributed by atoms with van der Waals surface area (Å²) in [6.45, 7) is 3.16. The standard InChI is InChI=1S/C12H22O5S2/c1-12(2)16-7(6-13)8(14)10(17-12)9(15)11-18-4-3-5-19-11/h7-11,13-15H,3-6H2,1-2H3/t7-,8-,9-,10-/m1/s1. The van der Waals surface area contributed by atoms with Crippen LogP contribution in [0.15, 0.2) is 0 Å². The van der Waals surface area contributed by atoms with Gasteiger partial charge in [-0.2, -0.15) is 0 Å². The van der Waals surface area contributed by atoms with E-state index in [9.17, 15) is 15.3 Å². The van der Waals surface area contributed by atoms with Crippen molar-refractivity contribution in [3.05, 3.63) is 0 Å². The van der Waals surface area contributed by atoms with Crippen LogP contribution in [0.1, 0.15) is 20.3 Å². The van der Waals surface area contributed by atoms with Gasteiger partial charge in [-0.25, -0.2) is 0 Å². The second-order valence-corrected chi connectivity index (χ2v) is 8.06. The molecule has 3 N–H and O–H groups in total. The van der Waals surface area contributed by atoms with Crippen molar-refractivity contribution in [2.75, 3.05) is 18.1 Å². The van der Waals surface area contributed by atoms with Gasteiger partial charge in [-0.1, -0.05) is 0 Å². The Morgan fingerprint density at radius 2 is 1.89 bits per heavy atom. The minimum absolute atomic E-state index is 0.00152. The highest BCUT2D eigenvalue weighted by molar-refractivity contribution is 8.17. The van der Waals surface area contributed by atoms with E-state index >= 15 is 0 Å². The Kier molecular flexibility index (Phi) is 5.44. The molecule has 5 nitrogen and oxygen atoms in total. The molecule has 7 heteroatoms. The summed E-state index contributed by atoms with van der Waals surface area (Å²) in [5.74, 6) is 1.12. The molecule has 0 aliphatic carbocycles. The lowest BCUT2D eigenvalue weighted by atomic mass is 10.0. The molecule has 0 bridgehead atoms. The van der Waals surface area contributed by atoms with Crippen LogP contribution in [0.3, 0.4) is 0 Å². The maximum atomic E-state index is 10.5. The molecule has 0 aromatic rings. The maximum Gasteiger partial charge on any atom is 0.164 e. The predicted molar refractivity (Wildman–Crippen MR) is 76.2 cm³/mol. The number of hydrogen-bond donors (Lipinski definition) is 3. The fourth-order valence-electron chi connectivity index (χ4n) is 2.35. The quantitative estimate of drug-likeness (QED) is 0.697. The molecule has 0 unspecified atom stereocenters. The Hall–Kier alpha value is 0.500. The molecule has 4 atom stereocenters. The molecular formula is C12H22O5S2. The van der Waals surface area contributed by atoms with Crippen molar-refractivity contribution in [2.24, 2.45) is 0 Å². The lowest BCUT2D eigenvalue weighted by Crippen LogP contribution is -2.60. The SMILES string of the molecule is CC1(C)O[C@@H]([C@@H](O)C2SCCCS2)[C@H](O)[C@@H](CO)O1. The Labute approximate surface area is 122 Å². The Morgan fingerprint density at radius 3 is 2.47 bits per heavy atom. The predicted octanol–water partition coefficient (Wildman–Crippen LogP) is 0.417. The van der Waals surface area contributed by atoms with Gasteiger partial charge in [0.2, 0.25) is 0 Å². The van der Waals surface area contributed by atoms with E-state index < -0.39 is 30.2 Å². The number of ether oxygens (including phenoxy) is 2. The fourth-order valence-corrected chi connectivity index (χ4v) is 5.28. The largest absolute Gasteiger partial charge is 0.394 e. The van der Waals surface area contributed by atoms with E-state index in [1.165, 1.54) is 0 Å². The molecular weight excluding hydrogens is 288 g/mol. The third kappa shape index (κ3) is 3.78. The van der Waals surface area contributed by atoms with Gasteiger partial charge >= 0.3 is 0 Å². The van der Waals surface area contributed by atoms with Crippen molar-refractivity contribution in [3.63, 3.8) is 0 Å². The van der Waals surface area contributed by atoms with Crippen molar-refractivity contribution in [1.29, 1.82) is 0 Å². The summed E-state index contributed by atoms with van der Waals surface area (Å²) < 4.78 is 11.1. The zero-order valence-corrected chi connectivity index (χ0v) is 12.8. The van der Waals surface area contributed by atoms with Crippen LogP contribution in [-0.4, -0.2) is 68.2 Å². The third-order valence-electron chi connectivity index (χ3n) is 3.22. The van der Waals surface area contributed by atoms with Gasteiger partial charge in [0.15, 0.2) is 5.79 Å². The van der Waals surface area contributed by atoms with Gasteiger partial charge in [-0.3, -0.25) is 0 Å². The summed E-state index contributed by atoms with van der Waals surface area (Å²) in [6.07, 6.45) is -2.11. The van der Waals surface area contributed by atoms with E-state index in [1.807, 2.05) is 0 Å².